The van der Waals surface area contributed by atoms with Crippen LogP contribution in [0.15, 0.2) is 40.8 Å². The summed E-state index contributed by atoms with van der Waals surface area (Å²) in [5, 5.41) is 0. The largest absolute Gasteiger partial charge is 0.451 e. The highest BCUT2D eigenvalue weighted by molar-refractivity contribution is 5.92. The SMILES string of the molecule is CN1CCN(C(=O)c2ccc(-c3ccc(C(C)(C)C)cc3)o2)CC1. The van der Waals surface area contributed by atoms with Gasteiger partial charge in [0.2, 0.25) is 0 Å². The third kappa shape index (κ3) is 3.54. The summed E-state index contributed by atoms with van der Waals surface area (Å²) < 4.78 is 5.83. The van der Waals surface area contributed by atoms with Crippen molar-refractivity contribution in [1.82, 2.24) is 9.80 Å². The van der Waals surface area contributed by atoms with E-state index in [1.54, 1.807) is 6.07 Å². The van der Waals surface area contributed by atoms with Crippen LogP contribution in [-0.4, -0.2) is 48.9 Å². The molecule has 0 spiro atoms. The maximum atomic E-state index is 12.6. The van der Waals surface area contributed by atoms with Gasteiger partial charge in [-0.15, -0.1) is 0 Å². The molecule has 0 N–H and O–H groups in total. The molecule has 0 unspecified atom stereocenters. The lowest BCUT2D eigenvalue weighted by atomic mass is 9.86. The summed E-state index contributed by atoms with van der Waals surface area (Å²) in [6, 6.07) is 12.0. The number of furan rings is 1. The Balaban J connectivity index is 1.74. The molecule has 2 heterocycles. The number of hydrogen-bond donors (Lipinski definition) is 0. The van der Waals surface area contributed by atoms with Crippen molar-refractivity contribution < 1.29 is 9.21 Å². The molecule has 0 radical (unpaired) electrons. The molecule has 2 aromatic rings. The van der Waals surface area contributed by atoms with Gasteiger partial charge in [-0.3, -0.25) is 4.79 Å². The maximum Gasteiger partial charge on any atom is 0.289 e. The van der Waals surface area contributed by atoms with Crippen molar-refractivity contribution in [1.29, 1.82) is 0 Å². The smallest absolute Gasteiger partial charge is 0.289 e. The second kappa shape index (κ2) is 6.44. The molecule has 0 atom stereocenters. The van der Waals surface area contributed by atoms with Crippen molar-refractivity contribution in [2.75, 3.05) is 33.2 Å². The summed E-state index contributed by atoms with van der Waals surface area (Å²) in [5.74, 6) is 1.16. The summed E-state index contributed by atoms with van der Waals surface area (Å²) in [4.78, 5) is 16.6. The van der Waals surface area contributed by atoms with Gasteiger partial charge in [0.25, 0.3) is 5.91 Å². The highest BCUT2D eigenvalue weighted by Gasteiger charge is 2.23. The van der Waals surface area contributed by atoms with Gasteiger partial charge in [0, 0.05) is 31.7 Å². The van der Waals surface area contributed by atoms with Crippen LogP contribution in [0.25, 0.3) is 11.3 Å². The number of carbonyl (C=O) groups excluding carboxylic acids is 1. The number of likely N-dealkylation sites (N-methyl/N-ethyl adjacent to an activating group) is 1. The van der Waals surface area contributed by atoms with Crippen LogP contribution < -0.4 is 0 Å². The normalized spacial score (nSPS) is 16.4. The molecule has 4 heteroatoms. The number of amides is 1. The zero-order valence-corrected chi connectivity index (χ0v) is 15.0. The van der Waals surface area contributed by atoms with E-state index in [4.69, 9.17) is 4.42 Å². The Morgan fingerprint density at radius 2 is 1.58 bits per heavy atom. The minimum Gasteiger partial charge on any atom is -0.451 e. The predicted molar refractivity (Wildman–Crippen MR) is 96.2 cm³/mol. The lowest BCUT2D eigenvalue weighted by Crippen LogP contribution is -2.47. The lowest BCUT2D eigenvalue weighted by Gasteiger charge is -2.31. The molecule has 1 amide bonds. The first kappa shape index (κ1) is 16.8. The van der Waals surface area contributed by atoms with Crippen molar-refractivity contribution in [3.8, 4) is 11.3 Å². The van der Waals surface area contributed by atoms with Crippen molar-refractivity contribution in [2.24, 2.45) is 0 Å². The van der Waals surface area contributed by atoms with Crippen molar-refractivity contribution >= 4 is 5.91 Å². The number of nitrogens with zero attached hydrogens (tertiary/aromatic N) is 2. The monoisotopic (exact) mass is 326 g/mol. The first-order valence-electron chi connectivity index (χ1n) is 8.53. The van der Waals surface area contributed by atoms with Crippen LogP contribution in [0.4, 0.5) is 0 Å². The second-order valence-electron chi connectivity index (χ2n) is 7.59. The fourth-order valence-corrected chi connectivity index (χ4v) is 2.91. The molecule has 3 rings (SSSR count). The topological polar surface area (TPSA) is 36.7 Å². The van der Waals surface area contributed by atoms with Crippen LogP contribution in [0.5, 0.6) is 0 Å². The average molecular weight is 326 g/mol. The van der Waals surface area contributed by atoms with Gasteiger partial charge in [0.1, 0.15) is 5.76 Å². The molecule has 0 saturated carbocycles. The van der Waals surface area contributed by atoms with Gasteiger partial charge in [-0.25, -0.2) is 0 Å². The Labute approximate surface area is 144 Å². The molecule has 4 nitrogen and oxygen atoms in total. The third-order valence-corrected chi connectivity index (χ3v) is 4.64. The summed E-state index contributed by atoms with van der Waals surface area (Å²) in [7, 11) is 2.08. The van der Waals surface area contributed by atoms with Gasteiger partial charge in [-0.05, 0) is 30.2 Å². The summed E-state index contributed by atoms with van der Waals surface area (Å²) in [6.07, 6.45) is 0. The molecule has 1 aromatic carbocycles. The summed E-state index contributed by atoms with van der Waals surface area (Å²) in [5.41, 5.74) is 2.41. The molecule has 1 aliphatic rings. The van der Waals surface area contributed by atoms with Crippen LogP contribution in [0.2, 0.25) is 0 Å². The van der Waals surface area contributed by atoms with Crippen LogP contribution in [0, 0.1) is 0 Å². The molecule has 24 heavy (non-hydrogen) atoms. The minimum absolute atomic E-state index is 0.0133. The molecule has 1 aliphatic heterocycles. The molecular weight excluding hydrogens is 300 g/mol. The van der Waals surface area contributed by atoms with Crippen molar-refractivity contribution in [3.63, 3.8) is 0 Å². The number of piperazine rings is 1. The Kier molecular flexibility index (Phi) is 4.50. The van der Waals surface area contributed by atoms with E-state index >= 15 is 0 Å². The molecule has 1 saturated heterocycles. The van der Waals surface area contributed by atoms with E-state index in [1.807, 2.05) is 11.0 Å². The third-order valence-electron chi connectivity index (χ3n) is 4.64. The molecule has 128 valence electrons. The standard InChI is InChI=1S/C20H26N2O2/c1-20(2,3)16-7-5-15(6-8-16)17-9-10-18(24-17)19(23)22-13-11-21(4)12-14-22/h5-10H,11-14H2,1-4H3. The highest BCUT2D eigenvalue weighted by Crippen LogP contribution is 2.27. The Hall–Kier alpha value is -2.07. The Bertz CT molecular complexity index is 702. The molecular formula is C20H26N2O2. The van der Waals surface area contributed by atoms with E-state index in [9.17, 15) is 4.79 Å². The summed E-state index contributed by atoms with van der Waals surface area (Å²) >= 11 is 0. The maximum absolute atomic E-state index is 12.6. The van der Waals surface area contributed by atoms with Gasteiger partial charge < -0.3 is 14.2 Å². The van der Waals surface area contributed by atoms with E-state index in [0.29, 0.717) is 5.76 Å². The van der Waals surface area contributed by atoms with Gasteiger partial charge in [0.15, 0.2) is 5.76 Å². The van der Waals surface area contributed by atoms with Crippen LogP contribution in [-0.2, 0) is 5.41 Å². The van der Waals surface area contributed by atoms with Crippen LogP contribution >= 0.6 is 0 Å². The molecule has 0 bridgehead atoms. The number of carbonyl (C=O) groups is 1. The summed E-state index contributed by atoms with van der Waals surface area (Å²) in [6.45, 7) is 9.92. The fourth-order valence-electron chi connectivity index (χ4n) is 2.91. The number of benzene rings is 1. The van der Waals surface area contributed by atoms with Crippen LogP contribution in [0.3, 0.4) is 0 Å². The minimum atomic E-state index is -0.0133. The first-order valence-corrected chi connectivity index (χ1v) is 8.53. The molecule has 1 aromatic heterocycles. The van der Waals surface area contributed by atoms with E-state index < -0.39 is 0 Å². The number of hydrogen-bond acceptors (Lipinski definition) is 3. The number of rotatable bonds is 2. The van der Waals surface area contributed by atoms with E-state index in [-0.39, 0.29) is 11.3 Å². The van der Waals surface area contributed by atoms with E-state index in [0.717, 1.165) is 37.5 Å². The van der Waals surface area contributed by atoms with Gasteiger partial charge in [-0.1, -0.05) is 45.0 Å². The van der Waals surface area contributed by atoms with Gasteiger partial charge in [0.05, 0.1) is 0 Å². The van der Waals surface area contributed by atoms with Crippen molar-refractivity contribution in [2.45, 2.75) is 26.2 Å². The second-order valence-corrected chi connectivity index (χ2v) is 7.59. The van der Waals surface area contributed by atoms with Crippen LogP contribution in [0.1, 0.15) is 36.9 Å². The average Bonchev–Trinajstić information content (AvgIpc) is 3.04. The molecule has 0 aliphatic carbocycles. The Morgan fingerprint density at radius 3 is 2.17 bits per heavy atom. The zero-order valence-electron chi connectivity index (χ0n) is 15.0. The quantitative estimate of drug-likeness (QED) is 0.845. The zero-order chi connectivity index (χ0) is 17.3. The molecule has 1 fully saturated rings. The van der Waals surface area contributed by atoms with E-state index in [1.165, 1.54) is 5.56 Å². The fraction of sp³-hybridized carbons (Fsp3) is 0.450. The van der Waals surface area contributed by atoms with Gasteiger partial charge >= 0.3 is 0 Å². The predicted octanol–water partition coefficient (Wildman–Crippen LogP) is 3.63. The highest BCUT2D eigenvalue weighted by atomic mass is 16.4. The van der Waals surface area contributed by atoms with E-state index in [2.05, 4.69) is 57.0 Å². The Morgan fingerprint density at radius 1 is 0.958 bits per heavy atom. The first-order chi connectivity index (χ1) is 11.3. The lowest BCUT2D eigenvalue weighted by molar-refractivity contribution is 0.0633. The van der Waals surface area contributed by atoms with Crippen molar-refractivity contribution in [3.05, 3.63) is 47.7 Å². The van der Waals surface area contributed by atoms with Gasteiger partial charge in [-0.2, -0.15) is 0 Å².